The lowest BCUT2D eigenvalue weighted by atomic mass is 9.97. The number of piperidine rings is 1. The van der Waals surface area contributed by atoms with Crippen LogP contribution in [0.3, 0.4) is 0 Å². The van der Waals surface area contributed by atoms with Gasteiger partial charge in [0.25, 0.3) is 0 Å². The van der Waals surface area contributed by atoms with E-state index in [0.29, 0.717) is 16.4 Å². The summed E-state index contributed by atoms with van der Waals surface area (Å²) in [6.45, 7) is 3.61. The first-order valence-corrected chi connectivity index (χ1v) is 9.18. The molecule has 8 heteroatoms. The van der Waals surface area contributed by atoms with Gasteiger partial charge in [0.15, 0.2) is 16.8 Å². The predicted molar refractivity (Wildman–Crippen MR) is 95.9 cm³/mol. The number of anilines is 1. The summed E-state index contributed by atoms with van der Waals surface area (Å²) in [6, 6.07) is 2.55. The fourth-order valence-electron chi connectivity index (χ4n) is 3.01. The second kappa shape index (κ2) is 7.72. The zero-order valence-electron chi connectivity index (χ0n) is 14.4. The van der Waals surface area contributed by atoms with Gasteiger partial charge in [-0.15, -0.1) is 0 Å². The third kappa shape index (κ3) is 4.31. The number of carbonyl (C=O) groups is 1. The molecule has 0 bridgehead atoms. The molecule has 1 aromatic heterocycles. The van der Waals surface area contributed by atoms with Crippen LogP contribution in [-0.4, -0.2) is 61.0 Å². The Balaban J connectivity index is 1.64. The molecular formula is C17H22F2N4OS. The van der Waals surface area contributed by atoms with E-state index >= 15 is 0 Å². The number of hydrogen-bond donors (Lipinski definition) is 1. The Morgan fingerprint density at radius 1 is 1.44 bits per heavy atom. The molecule has 1 aliphatic heterocycles. The maximum atomic E-state index is 13.8. The molecule has 3 rings (SSSR count). The number of hydrogen-bond acceptors (Lipinski definition) is 5. The standard InChI is InChI=1S/C17H22F2N4OS/c1-22(2)8-9-23-7-3-4-11(10-23)16(24)21-17-20-15-13(25-17)6-5-12(18)14(15)19/h5-6,11H,3-4,7-10H2,1-2H3,(H,20,21,24). The molecule has 5 nitrogen and oxygen atoms in total. The van der Waals surface area contributed by atoms with Gasteiger partial charge in [-0.25, -0.2) is 13.8 Å². The fourth-order valence-corrected chi connectivity index (χ4v) is 3.88. The van der Waals surface area contributed by atoms with Gasteiger partial charge in [0.05, 0.1) is 10.6 Å². The number of nitrogens with one attached hydrogen (secondary N) is 1. The highest BCUT2D eigenvalue weighted by atomic mass is 32.1. The highest BCUT2D eigenvalue weighted by Gasteiger charge is 2.26. The van der Waals surface area contributed by atoms with Gasteiger partial charge in [-0.2, -0.15) is 0 Å². The van der Waals surface area contributed by atoms with Crippen LogP contribution in [0.1, 0.15) is 12.8 Å². The molecule has 136 valence electrons. The predicted octanol–water partition coefficient (Wildman–Crippen LogP) is 2.79. The van der Waals surface area contributed by atoms with Gasteiger partial charge in [-0.05, 0) is 45.6 Å². The van der Waals surface area contributed by atoms with Gasteiger partial charge in [-0.3, -0.25) is 4.79 Å². The van der Waals surface area contributed by atoms with Crippen LogP contribution in [-0.2, 0) is 4.79 Å². The molecular weight excluding hydrogens is 346 g/mol. The Hall–Kier alpha value is -1.64. The molecule has 1 aromatic carbocycles. The van der Waals surface area contributed by atoms with Crippen molar-refractivity contribution in [3.63, 3.8) is 0 Å². The first-order chi connectivity index (χ1) is 11.9. The number of benzene rings is 1. The Morgan fingerprint density at radius 2 is 2.24 bits per heavy atom. The molecule has 1 amide bonds. The maximum Gasteiger partial charge on any atom is 0.230 e. The summed E-state index contributed by atoms with van der Waals surface area (Å²) in [5.74, 6) is -2.11. The summed E-state index contributed by atoms with van der Waals surface area (Å²) in [5.41, 5.74) is -0.0310. The molecule has 0 radical (unpaired) electrons. The van der Waals surface area contributed by atoms with Crippen LogP contribution in [0.15, 0.2) is 12.1 Å². The first kappa shape index (κ1) is 18.2. The van der Waals surface area contributed by atoms with Crippen LogP contribution in [0.4, 0.5) is 13.9 Å². The first-order valence-electron chi connectivity index (χ1n) is 8.36. The minimum absolute atomic E-state index is 0.0310. The molecule has 1 aliphatic rings. The zero-order valence-corrected chi connectivity index (χ0v) is 15.2. The van der Waals surface area contributed by atoms with Gasteiger partial charge in [0.2, 0.25) is 5.91 Å². The number of thiazole rings is 1. The summed E-state index contributed by atoms with van der Waals surface area (Å²) >= 11 is 1.16. The van der Waals surface area contributed by atoms with Crippen molar-refractivity contribution in [2.75, 3.05) is 45.6 Å². The third-order valence-corrected chi connectivity index (χ3v) is 5.36. The lowest BCUT2D eigenvalue weighted by Gasteiger charge is -2.32. The minimum atomic E-state index is -0.971. The van der Waals surface area contributed by atoms with E-state index in [1.54, 1.807) is 0 Å². The molecule has 1 atom stereocenters. The van der Waals surface area contributed by atoms with Gasteiger partial charge < -0.3 is 15.1 Å². The lowest BCUT2D eigenvalue weighted by molar-refractivity contribution is -0.121. The quantitative estimate of drug-likeness (QED) is 0.882. The van der Waals surface area contributed by atoms with E-state index in [0.717, 1.165) is 49.9 Å². The minimum Gasteiger partial charge on any atom is -0.308 e. The van der Waals surface area contributed by atoms with Gasteiger partial charge in [0.1, 0.15) is 5.52 Å². The Kier molecular flexibility index (Phi) is 5.61. The summed E-state index contributed by atoms with van der Waals surface area (Å²) in [7, 11) is 4.06. The van der Waals surface area contributed by atoms with Crippen molar-refractivity contribution in [1.29, 1.82) is 0 Å². The largest absolute Gasteiger partial charge is 0.308 e. The Labute approximate surface area is 149 Å². The number of carbonyl (C=O) groups excluding carboxylic acids is 1. The number of amides is 1. The molecule has 0 saturated carbocycles. The molecule has 1 saturated heterocycles. The molecule has 2 aromatic rings. The van der Waals surface area contributed by atoms with Crippen LogP contribution in [0.2, 0.25) is 0 Å². The molecule has 25 heavy (non-hydrogen) atoms. The van der Waals surface area contributed by atoms with E-state index in [2.05, 4.69) is 20.1 Å². The number of likely N-dealkylation sites (tertiary alicyclic amines) is 1. The summed E-state index contributed by atoms with van der Waals surface area (Å²) in [5, 5.41) is 3.09. The lowest BCUT2D eigenvalue weighted by Crippen LogP contribution is -2.43. The van der Waals surface area contributed by atoms with Gasteiger partial charge >= 0.3 is 0 Å². The number of halogens is 2. The normalized spacial score (nSPS) is 18.8. The topological polar surface area (TPSA) is 48.5 Å². The fraction of sp³-hybridized carbons (Fsp3) is 0.529. The zero-order chi connectivity index (χ0) is 18.0. The van der Waals surface area contributed by atoms with E-state index in [1.165, 1.54) is 6.07 Å². The van der Waals surface area contributed by atoms with Crippen molar-refractivity contribution >= 4 is 32.6 Å². The number of nitrogens with zero attached hydrogens (tertiary/aromatic N) is 3. The number of rotatable bonds is 5. The van der Waals surface area contributed by atoms with E-state index in [-0.39, 0.29) is 17.3 Å². The van der Waals surface area contributed by atoms with Crippen LogP contribution in [0.5, 0.6) is 0 Å². The summed E-state index contributed by atoms with van der Waals surface area (Å²) < 4.78 is 27.5. The van der Waals surface area contributed by atoms with Crippen LogP contribution >= 0.6 is 11.3 Å². The van der Waals surface area contributed by atoms with Crippen molar-refractivity contribution in [1.82, 2.24) is 14.8 Å². The molecule has 0 aliphatic carbocycles. The van der Waals surface area contributed by atoms with Crippen molar-refractivity contribution in [2.45, 2.75) is 12.8 Å². The van der Waals surface area contributed by atoms with E-state index in [4.69, 9.17) is 0 Å². The molecule has 1 unspecified atom stereocenters. The number of aromatic nitrogens is 1. The molecule has 0 spiro atoms. The van der Waals surface area contributed by atoms with Crippen molar-refractivity contribution in [2.24, 2.45) is 5.92 Å². The van der Waals surface area contributed by atoms with Gasteiger partial charge in [0, 0.05) is 19.6 Å². The Bertz CT molecular complexity index is 764. The van der Waals surface area contributed by atoms with Gasteiger partial charge in [-0.1, -0.05) is 11.3 Å². The molecule has 1 fully saturated rings. The van der Waals surface area contributed by atoms with E-state index < -0.39 is 11.6 Å². The van der Waals surface area contributed by atoms with E-state index in [9.17, 15) is 13.6 Å². The van der Waals surface area contributed by atoms with Crippen molar-refractivity contribution in [3.8, 4) is 0 Å². The highest BCUT2D eigenvalue weighted by Crippen LogP contribution is 2.29. The van der Waals surface area contributed by atoms with Crippen LogP contribution < -0.4 is 5.32 Å². The second-order valence-corrected chi connectivity index (χ2v) is 7.69. The average Bonchev–Trinajstić information content (AvgIpc) is 3.00. The van der Waals surface area contributed by atoms with E-state index in [1.807, 2.05) is 14.1 Å². The smallest absolute Gasteiger partial charge is 0.230 e. The van der Waals surface area contributed by atoms with Crippen LogP contribution in [0.25, 0.3) is 10.2 Å². The van der Waals surface area contributed by atoms with Crippen LogP contribution in [0, 0.1) is 17.6 Å². The highest BCUT2D eigenvalue weighted by molar-refractivity contribution is 7.22. The number of fused-ring (bicyclic) bond motifs is 1. The molecule has 1 N–H and O–H groups in total. The second-order valence-electron chi connectivity index (χ2n) is 6.66. The number of likely N-dealkylation sites (N-methyl/N-ethyl adjacent to an activating group) is 1. The molecule has 2 heterocycles. The SMILES string of the molecule is CN(C)CCN1CCCC(C(=O)Nc2nc3c(F)c(F)ccc3s2)C1. The summed E-state index contributed by atoms with van der Waals surface area (Å²) in [6.07, 6.45) is 1.81. The third-order valence-electron chi connectivity index (χ3n) is 4.42. The average molecular weight is 368 g/mol. The maximum absolute atomic E-state index is 13.8. The Morgan fingerprint density at radius 3 is 3.00 bits per heavy atom. The van der Waals surface area contributed by atoms with Crippen molar-refractivity contribution < 1.29 is 13.6 Å². The monoisotopic (exact) mass is 368 g/mol. The summed E-state index contributed by atoms with van der Waals surface area (Å²) in [4.78, 5) is 21.0. The van der Waals surface area contributed by atoms with Crippen molar-refractivity contribution in [3.05, 3.63) is 23.8 Å².